The number of carbonyl (C=O) groups is 1. The summed E-state index contributed by atoms with van der Waals surface area (Å²) in [6.45, 7) is 8.25. The first kappa shape index (κ1) is 28.1. The number of sulfonamides is 1. The lowest BCUT2D eigenvalue weighted by Crippen LogP contribution is -2.44. The van der Waals surface area contributed by atoms with Gasteiger partial charge in [0.2, 0.25) is 16.0 Å². The topological polar surface area (TPSA) is 123 Å². The Morgan fingerprint density at radius 3 is 2.40 bits per heavy atom. The van der Waals surface area contributed by atoms with Crippen LogP contribution in [0.4, 0.5) is 16.4 Å². The van der Waals surface area contributed by atoms with E-state index in [1.807, 2.05) is 39.0 Å². The highest BCUT2D eigenvalue weighted by molar-refractivity contribution is 7.89. The number of fused-ring (bicyclic) bond motifs is 1. The molecule has 0 saturated carbocycles. The minimum Gasteiger partial charge on any atom is -0.490 e. The summed E-state index contributed by atoms with van der Waals surface area (Å²) >= 11 is 0. The maximum atomic E-state index is 12.9. The summed E-state index contributed by atoms with van der Waals surface area (Å²) in [4.78, 5) is 23.3. The minimum atomic E-state index is -3.56. The van der Waals surface area contributed by atoms with Crippen molar-refractivity contribution < 1.29 is 27.4 Å². The van der Waals surface area contributed by atoms with Crippen molar-refractivity contribution in [3.05, 3.63) is 48.7 Å². The van der Waals surface area contributed by atoms with E-state index in [0.29, 0.717) is 75.1 Å². The molecule has 0 bridgehead atoms. The van der Waals surface area contributed by atoms with E-state index in [4.69, 9.17) is 14.2 Å². The average Bonchev–Trinajstić information content (AvgIpc) is 2.93. The van der Waals surface area contributed by atoms with Gasteiger partial charge >= 0.3 is 6.09 Å². The summed E-state index contributed by atoms with van der Waals surface area (Å²) in [5.41, 5.74) is 0.871. The molecule has 2 aromatic carbocycles. The third-order valence-electron chi connectivity index (χ3n) is 6.67. The number of anilines is 2. The number of nitrogens with zero attached hydrogens (tertiary/aromatic N) is 4. The minimum absolute atomic E-state index is 0.0113. The maximum absolute atomic E-state index is 12.9. The van der Waals surface area contributed by atoms with Crippen LogP contribution in [-0.4, -0.2) is 84.8 Å². The molecule has 2 aliphatic heterocycles. The van der Waals surface area contributed by atoms with Crippen molar-refractivity contribution >= 4 is 38.7 Å². The first-order valence-corrected chi connectivity index (χ1v) is 14.9. The van der Waals surface area contributed by atoms with Crippen molar-refractivity contribution in [1.82, 2.24) is 19.2 Å². The predicted molar refractivity (Wildman–Crippen MR) is 150 cm³/mol. The van der Waals surface area contributed by atoms with E-state index >= 15 is 0 Å². The Labute approximate surface area is 234 Å². The zero-order valence-corrected chi connectivity index (χ0v) is 23.8. The van der Waals surface area contributed by atoms with Crippen LogP contribution in [0.2, 0.25) is 0 Å². The fraction of sp³-hybridized carbons (Fsp3) is 0.464. The molecule has 2 aliphatic rings. The van der Waals surface area contributed by atoms with Crippen LogP contribution in [0.1, 0.15) is 33.6 Å². The first-order valence-electron chi connectivity index (χ1n) is 13.4. The van der Waals surface area contributed by atoms with Crippen LogP contribution >= 0.6 is 0 Å². The van der Waals surface area contributed by atoms with Crippen LogP contribution in [0.3, 0.4) is 0 Å². The Morgan fingerprint density at radius 1 is 1.02 bits per heavy atom. The molecule has 1 N–H and O–H groups in total. The van der Waals surface area contributed by atoms with Gasteiger partial charge in [0, 0.05) is 62.4 Å². The van der Waals surface area contributed by atoms with Gasteiger partial charge in [-0.25, -0.2) is 23.2 Å². The number of piperidine rings is 1. The summed E-state index contributed by atoms with van der Waals surface area (Å²) in [7, 11) is -3.56. The number of aromatic nitrogens is 2. The Balaban J connectivity index is 1.20. The van der Waals surface area contributed by atoms with Gasteiger partial charge in [-0.15, -0.1) is 0 Å². The van der Waals surface area contributed by atoms with Crippen molar-refractivity contribution in [2.75, 3.05) is 44.7 Å². The van der Waals surface area contributed by atoms with Crippen LogP contribution in [0, 0.1) is 0 Å². The van der Waals surface area contributed by atoms with Crippen LogP contribution in [0.25, 0.3) is 10.9 Å². The Morgan fingerprint density at radius 2 is 1.73 bits per heavy atom. The van der Waals surface area contributed by atoms with Crippen LogP contribution in [-0.2, 0) is 19.5 Å². The average molecular weight is 570 g/mol. The molecule has 0 atom stereocenters. The van der Waals surface area contributed by atoms with E-state index in [9.17, 15) is 13.2 Å². The molecule has 2 saturated heterocycles. The third-order valence-corrected chi connectivity index (χ3v) is 8.58. The van der Waals surface area contributed by atoms with E-state index in [0.717, 1.165) is 5.39 Å². The van der Waals surface area contributed by atoms with Gasteiger partial charge in [0.25, 0.3) is 0 Å². The summed E-state index contributed by atoms with van der Waals surface area (Å²) in [6, 6.07) is 12.2. The van der Waals surface area contributed by atoms with Gasteiger partial charge in [-0.3, -0.25) is 0 Å². The Hall–Kier alpha value is -3.48. The highest BCUT2D eigenvalue weighted by Gasteiger charge is 2.28. The number of morpholine rings is 1. The zero-order chi connectivity index (χ0) is 28.3. The summed E-state index contributed by atoms with van der Waals surface area (Å²) in [6.07, 6.45) is 2.85. The number of likely N-dealkylation sites (tertiary alicyclic amines) is 1. The second kappa shape index (κ2) is 11.6. The van der Waals surface area contributed by atoms with Crippen molar-refractivity contribution in [1.29, 1.82) is 0 Å². The molecule has 5 rings (SSSR count). The number of hydrogen-bond donors (Lipinski definition) is 1. The molecule has 0 spiro atoms. The monoisotopic (exact) mass is 569 g/mol. The van der Waals surface area contributed by atoms with Gasteiger partial charge in [0.05, 0.1) is 23.6 Å². The Bertz CT molecular complexity index is 1440. The van der Waals surface area contributed by atoms with E-state index in [1.165, 1.54) is 4.31 Å². The molecule has 40 heavy (non-hydrogen) atoms. The third kappa shape index (κ3) is 6.80. The van der Waals surface area contributed by atoms with Crippen molar-refractivity contribution in [3.63, 3.8) is 0 Å². The molecule has 214 valence electrons. The molecule has 12 heteroatoms. The highest BCUT2D eigenvalue weighted by atomic mass is 32.2. The number of carbonyl (C=O) groups excluding carboxylic acids is 1. The molecule has 0 radical (unpaired) electrons. The number of benzene rings is 2. The van der Waals surface area contributed by atoms with E-state index in [2.05, 4.69) is 15.3 Å². The number of hydrogen-bond acceptors (Lipinski definition) is 9. The largest absolute Gasteiger partial charge is 0.490 e. The van der Waals surface area contributed by atoms with Crippen LogP contribution in [0.5, 0.6) is 5.75 Å². The second-order valence-electron chi connectivity index (χ2n) is 10.9. The molecular formula is C28H35N5O6S. The molecule has 0 unspecified atom stereocenters. The van der Waals surface area contributed by atoms with Gasteiger partial charge < -0.3 is 24.4 Å². The lowest BCUT2D eigenvalue weighted by molar-refractivity contribution is 0.0126. The number of nitrogens with one attached hydrogen (secondary N) is 1. The lowest BCUT2D eigenvalue weighted by Gasteiger charge is -2.33. The standard InChI is InChI=1S/C28H35N5O6S/c1-28(2,3)39-27(34)32-12-10-22(11-13-32)38-23-7-4-20-19-29-26(31-25(20)18-23)30-21-5-8-24(9-6-21)40(35,36)33-14-16-37-17-15-33/h4-9,18-19,22H,10-17H2,1-3H3,(H,29,30,31). The molecular weight excluding hydrogens is 534 g/mol. The van der Waals surface area contributed by atoms with Gasteiger partial charge in [0.15, 0.2) is 0 Å². The summed E-state index contributed by atoms with van der Waals surface area (Å²) in [5, 5.41) is 4.01. The highest BCUT2D eigenvalue weighted by Crippen LogP contribution is 2.26. The summed E-state index contributed by atoms with van der Waals surface area (Å²) < 4.78 is 44.1. The molecule has 3 aromatic rings. The molecule has 11 nitrogen and oxygen atoms in total. The fourth-order valence-corrected chi connectivity index (χ4v) is 6.00. The smallest absolute Gasteiger partial charge is 0.410 e. The maximum Gasteiger partial charge on any atom is 0.410 e. The van der Waals surface area contributed by atoms with Gasteiger partial charge in [-0.2, -0.15) is 4.31 Å². The first-order chi connectivity index (χ1) is 19.1. The Kier molecular flexibility index (Phi) is 8.11. The van der Waals surface area contributed by atoms with Gasteiger partial charge in [0.1, 0.15) is 17.5 Å². The predicted octanol–water partition coefficient (Wildman–Crippen LogP) is 4.17. The fourth-order valence-electron chi connectivity index (χ4n) is 4.59. The van der Waals surface area contributed by atoms with Crippen LogP contribution < -0.4 is 10.1 Å². The second-order valence-corrected chi connectivity index (χ2v) is 12.8. The lowest BCUT2D eigenvalue weighted by atomic mass is 10.1. The number of amides is 1. The zero-order valence-electron chi connectivity index (χ0n) is 23.0. The SMILES string of the molecule is CC(C)(C)OC(=O)N1CCC(Oc2ccc3cnc(Nc4ccc(S(=O)(=O)N5CCOCC5)cc4)nc3c2)CC1. The summed E-state index contributed by atoms with van der Waals surface area (Å²) in [5.74, 6) is 1.09. The number of rotatable bonds is 6. The van der Waals surface area contributed by atoms with Gasteiger partial charge in [-0.1, -0.05) is 0 Å². The molecule has 1 aromatic heterocycles. The molecule has 1 amide bonds. The van der Waals surface area contributed by atoms with Crippen LogP contribution in [0.15, 0.2) is 53.6 Å². The van der Waals surface area contributed by atoms with E-state index < -0.39 is 15.6 Å². The number of ether oxygens (including phenoxy) is 3. The molecule has 2 fully saturated rings. The quantitative estimate of drug-likeness (QED) is 0.466. The van der Waals surface area contributed by atoms with Crippen molar-refractivity contribution in [3.8, 4) is 5.75 Å². The van der Waals surface area contributed by atoms with E-state index in [1.54, 1.807) is 35.4 Å². The normalized spacial score (nSPS) is 17.5. The van der Waals surface area contributed by atoms with E-state index in [-0.39, 0.29) is 17.1 Å². The molecule has 3 heterocycles. The molecule has 0 aliphatic carbocycles. The van der Waals surface area contributed by atoms with Crippen molar-refractivity contribution in [2.45, 2.75) is 50.2 Å². The van der Waals surface area contributed by atoms with Crippen molar-refractivity contribution in [2.24, 2.45) is 0 Å². The van der Waals surface area contributed by atoms with Gasteiger partial charge in [-0.05, 0) is 57.2 Å².